The minimum atomic E-state index is -1.97. The third-order valence-corrected chi connectivity index (χ3v) is 5.14. The number of nitrogens with one attached hydrogen (secondary N) is 2. The first-order valence-corrected chi connectivity index (χ1v) is 9.98. The van der Waals surface area contributed by atoms with Gasteiger partial charge in [-0.3, -0.25) is 4.79 Å². The van der Waals surface area contributed by atoms with Crippen LogP contribution in [0, 0.1) is 0 Å². The average Bonchev–Trinajstić information content (AvgIpc) is 3.18. The predicted molar refractivity (Wildman–Crippen MR) is 119 cm³/mol. The van der Waals surface area contributed by atoms with Crippen LogP contribution in [0.15, 0.2) is 84.9 Å². The van der Waals surface area contributed by atoms with Crippen molar-refractivity contribution in [2.45, 2.75) is 12.5 Å². The number of amides is 1. The third-order valence-electron chi connectivity index (χ3n) is 5.14. The summed E-state index contributed by atoms with van der Waals surface area (Å²) in [6.07, 6.45) is 0. The van der Waals surface area contributed by atoms with Gasteiger partial charge in [0, 0.05) is 10.9 Å². The number of aromatic nitrogens is 1. The van der Waals surface area contributed by atoms with Gasteiger partial charge < -0.3 is 20.1 Å². The lowest BCUT2D eigenvalue weighted by Crippen LogP contribution is -2.41. The molecule has 0 bridgehead atoms. The van der Waals surface area contributed by atoms with Crippen molar-refractivity contribution >= 4 is 28.5 Å². The number of aliphatic hydroxyl groups is 1. The molecule has 6 nitrogen and oxygen atoms in total. The zero-order valence-corrected chi connectivity index (χ0v) is 17.0. The van der Waals surface area contributed by atoms with Crippen LogP contribution >= 0.6 is 0 Å². The van der Waals surface area contributed by atoms with E-state index in [0.29, 0.717) is 22.0 Å². The second-order valence-corrected chi connectivity index (χ2v) is 7.04. The van der Waals surface area contributed by atoms with Crippen LogP contribution in [-0.2, 0) is 15.1 Å². The lowest BCUT2D eigenvalue weighted by Gasteiger charge is -2.28. The quantitative estimate of drug-likeness (QED) is 0.412. The first kappa shape index (κ1) is 20.4. The number of rotatable bonds is 6. The number of H-pyrrole nitrogens is 1. The van der Waals surface area contributed by atoms with Crippen LogP contribution in [-0.4, -0.2) is 28.6 Å². The largest absolute Gasteiger partial charge is 0.461 e. The summed E-state index contributed by atoms with van der Waals surface area (Å²) >= 11 is 0. The Balaban J connectivity index is 1.83. The molecule has 1 heterocycles. The van der Waals surface area contributed by atoms with Gasteiger partial charge in [0.2, 0.25) is 0 Å². The van der Waals surface area contributed by atoms with Crippen molar-refractivity contribution in [1.82, 2.24) is 4.98 Å². The molecule has 0 saturated heterocycles. The Morgan fingerprint density at radius 3 is 2.03 bits per heavy atom. The fourth-order valence-electron chi connectivity index (χ4n) is 3.62. The Hall–Kier alpha value is -3.90. The van der Waals surface area contributed by atoms with E-state index in [9.17, 15) is 14.7 Å². The van der Waals surface area contributed by atoms with Gasteiger partial charge in [-0.2, -0.15) is 0 Å². The topological polar surface area (TPSA) is 91.4 Å². The number of anilines is 1. The summed E-state index contributed by atoms with van der Waals surface area (Å²) in [7, 11) is 0. The molecule has 1 aromatic heterocycles. The van der Waals surface area contributed by atoms with Gasteiger partial charge in [0.05, 0.1) is 12.3 Å². The zero-order valence-electron chi connectivity index (χ0n) is 17.0. The first-order valence-electron chi connectivity index (χ1n) is 9.98. The number of para-hydroxylation sites is 1. The first-order chi connectivity index (χ1) is 15.1. The average molecular weight is 414 g/mol. The summed E-state index contributed by atoms with van der Waals surface area (Å²) in [6, 6.07) is 24.6. The number of carbonyl (C=O) groups is 2. The van der Waals surface area contributed by atoms with Gasteiger partial charge in [-0.05, 0) is 24.1 Å². The summed E-state index contributed by atoms with van der Waals surface area (Å²) in [5, 5.41) is 15.1. The molecule has 6 heteroatoms. The molecule has 0 radical (unpaired) electrons. The van der Waals surface area contributed by atoms with E-state index in [2.05, 4.69) is 10.3 Å². The van der Waals surface area contributed by atoms with Crippen LogP contribution in [0.2, 0.25) is 0 Å². The minimum Gasteiger partial charge on any atom is -0.461 e. The van der Waals surface area contributed by atoms with Crippen molar-refractivity contribution < 1.29 is 19.4 Å². The molecule has 0 spiro atoms. The fraction of sp³-hybridized carbons (Fsp3) is 0.120. The lowest BCUT2D eigenvalue weighted by molar-refractivity contribution is -0.131. The number of fused-ring (bicyclic) bond motifs is 1. The maximum absolute atomic E-state index is 13.6. The van der Waals surface area contributed by atoms with Crippen molar-refractivity contribution in [2.24, 2.45) is 0 Å². The summed E-state index contributed by atoms with van der Waals surface area (Å²) < 4.78 is 5.15. The Morgan fingerprint density at radius 1 is 0.903 bits per heavy atom. The third kappa shape index (κ3) is 3.69. The van der Waals surface area contributed by atoms with Crippen LogP contribution in [0.5, 0.6) is 0 Å². The summed E-state index contributed by atoms with van der Waals surface area (Å²) in [6.45, 7) is 1.90. The van der Waals surface area contributed by atoms with E-state index in [1.165, 1.54) is 0 Å². The van der Waals surface area contributed by atoms with E-state index in [1.807, 2.05) is 18.2 Å². The maximum Gasteiger partial charge on any atom is 0.356 e. The molecule has 156 valence electrons. The minimum absolute atomic E-state index is 0.125. The second kappa shape index (κ2) is 8.45. The molecule has 0 aliphatic carbocycles. The van der Waals surface area contributed by atoms with Gasteiger partial charge in [-0.15, -0.1) is 0 Å². The molecule has 4 aromatic rings. The maximum atomic E-state index is 13.6. The smallest absolute Gasteiger partial charge is 0.356 e. The van der Waals surface area contributed by atoms with Gasteiger partial charge >= 0.3 is 5.97 Å². The Kier molecular flexibility index (Phi) is 5.56. The molecule has 0 aliphatic heterocycles. The number of hydrogen-bond donors (Lipinski definition) is 3. The molecule has 0 unspecified atom stereocenters. The molecule has 1 amide bonds. The highest BCUT2D eigenvalue weighted by atomic mass is 16.5. The molecule has 0 aliphatic rings. The number of benzene rings is 3. The molecule has 0 saturated carbocycles. The SMILES string of the molecule is CCOC(=O)c1[nH]c2ccccc2c1NC(=O)C(O)(c1ccccc1)c1ccccc1. The number of esters is 1. The molecular formula is C25H22N2O4. The van der Waals surface area contributed by atoms with E-state index in [4.69, 9.17) is 4.74 Å². The summed E-state index contributed by atoms with van der Waals surface area (Å²) in [5.74, 6) is -1.27. The highest BCUT2D eigenvalue weighted by Crippen LogP contribution is 2.34. The normalized spacial score (nSPS) is 11.3. The lowest BCUT2D eigenvalue weighted by atomic mass is 9.85. The molecule has 31 heavy (non-hydrogen) atoms. The number of hydrogen-bond acceptors (Lipinski definition) is 4. The van der Waals surface area contributed by atoms with Crippen LogP contribution in [0.4, 0.5) is 5.69 Å². The highest BCUT2D eigenvalue weighted by molar-refractivity contribution is 6.13. The van der Waals surface area contributed by atoms with Gasteiger partial charge in [0.1, 0.15) is 5.69 Å². The van der Waals surface area contributed by atoms with E-state index in [0.717, 1.165) is 0 Å². The summed E-state index contributed by atoms with van der Waals surface area (Å²) in [4.78, 5) is 29.1. The van der Waals surface area contributed by atoms with Crippen LogP contribution < -0.4 is 5.32 Å². The van der Waals surface area contributed by atoms with Crippen molar-refractivity contribution in [3.05, 3.63) is 102 Å². The van der Waals surface area contributed by atoms with Gasteiger partial charge in [0.15, 0.2) is 5.60 Å². The molecular weight excluding hydrogens is 392 g/mol. The number of carbonyl (C=O) groups excluding carboxylic acids is 2. The van der Waals surface area contributed by atoms with Gasteiger partial charge in [-0.1, -0.05) is 78.9 Å². The van der Waals surface area contributed by atoms with Crippen molar-refractivity contribution in [2.75, 3.05) is 11.9 Å². The van der Waals surface area contributed by atoms with Crippen LogP contribution in [0.25, 0.3) is 10.9 Å². The standard InChI is InChI=1S/C25H22N2O4/c1-2-31-23(28)22-21(19-15-9-10-16-20(19)26-22)27-24(29)25(30,17-11-5-3-6-12-17)18-13-7-4-8-14-18/h3-16,26,30H,2H2,1H3,(H,27,29). The summed E-state index contributed by atoms with van der Waals surface area (Å²) in [5.41, 5.74) is -0.0761. The van der Waals surface area contributed by atoms with Crippen molar-refractivity contribution in [3.63, 3.8) is 0 Å². The van der Waals surface area contributed by atoms with E-state index < -0.39 is 17.5 Å². The Bertz CT molecular complexity index is 1180. The van der Waals surface area contributed by atoms with Crippen LogP contribution in [0.1, 0.15) is 28.5 Å². The molecule has 0 atom stereocenters. The fourth-order valence-corrected chi connectivity index (χ4v) is 3.62. The Labute approximate surface area is 179 Å². The molecule has 0 fully saturated rings. The zero-order chi connectivity index (χ0) is 21.8. The van der Waals surface area contributed by atoms with E-state index >= 15 is 0 Å². The van der Waals surface area contributed by atoms with Crippen molar-refractivity contribution in [1.29, 1.82) is 0 Å². The van der Waals surface area contributed by atoms with Gasteiger partial charge in [-0.25, -0.2) is 4.79 Å². The second-order valence-electron chi connectivity index (χ2n) is 7.04. The number of ether oxygens (including phenoxy) is 1. The van der Waals surface area contributed by atoms with Crippen molar-refractivity contribution in [3.8, 4) is 0 Å². The molecule has 3 aromatic carbocycles. The van der Waals surface area contributed by atoms with E-state index in [1.54, 1.807) is 73.7 Å². The van der Waals surface area contributed by atoms with E-state index in [-0.39, 0.29) is 18.0 Å². The van der Waals surface area contributed by atoms with Crippen LogP contribution in [0.3, 0.4) is 0 Å². The monoisotopic (exact) mass is 414 g/mol. The molecule has 3 N–H and O–H groups in total. The predicted octanol–water partition coefficient (Wildman–Crippen LogP) is 4.22. The highest BCUT2D eigenvalue weighted by Gasteiger charge is 2.40. The van der Waals surface area contributed by atoms with Gasteiger partial charge in [0.25, 0.3) is 5.91 Å². The Morgan fingerprint density at radius 2 is 1.45 bits per heavy atom. The number of aromatic amines is 1. The molecule has 4 rings (SSSR count).